The van der Waals surface area contributed by atoms with Crippen LogP contribution in [-0.4, -0.2) is 23.3 Å². The molecular formula is C7H13N3O2. The second-order valence-corrected chi connectivity index (χ2v) is 2.72. The second-order valence-electron chi connectivity index (χ2n) is 2.72. The molecule has 1 unspecified atom stereocenters. The van der Waals surface area contributed by atoms with Crippen molar-refractivity contribution in [2.75, 3.05) is 7.11 Å². The van der Waals surface area contributed by atoms with Crippen LogP contribution in [0.3, 0.4) is 0 Å². The molecule has 1 heterocycles. The smallest absolute Gasteiger partial charge is 0.252 e. The Kier molecular flexibility index (Phi) is 3.19. The number of hydrogen-bond acceptors (Lipinski definition) is 5. The molecule has 0 saturated heterocycles. The number of rotatable bonds is 4. The van der Waals surface area contributed by atoms with E-state index in [0.717, 1.165) is 0 Å². The predicted octanol–water partition coefficient (Wildman–Crippen LogP) is 0.106. The highest BCUT2D eigenvalue weighted by atomic mass is 16.5. The zero-order valence-corrected chi connectivity index (χ0v) is 7.28. The van der Waals surface area contributed by atoms with Gasteiger partial charge in [0.1, 0.15) is 6.61 Å². The van der Waals surface area contributed by atoms with Gasteiger partial charge in [-0.3, -0.25) is 0 Å². The lowest BCUT2D eigenvalue weighted by molar-refractivity contribution is 0.151. The molecule has 0 radical (unpaired) electrons. The van der Waals surface area contributed by atoms with Crippen LogP contribution < -0.4 is 5.73 Å². The zero-order valence-electron chi connectivity index (χ0n) is 7.28. The first-order valence-corrected chi connectivity index (χ1v) is 3.78. The standard InChI is InChI=1S/C7H13N3O2/c1-5(8)3-6-9-7(4-11-2)12-10-6/h5H,3-4,8H2,1-2H3. The number of methoxy groups -OCH3 is 1. The van der Waals surface area contributed by atoms with Crippen molar-refractivity contribution in [3.8, 4) is 0 Å². The molecule has 0 aromatic carbocycles. The highest BCUT2D eigenvalue weighted by Gasteiger charge is 2.06. The van der Waals surface area contributed by atoms with E-state index in [0.29, 0.717) is 24.7 Å². The first kappa shape index (κ1) is 9.15. The van der Waals surface area contributed by atoms with Gasteiger partial charge in [-0.25, -0.2) is 0 Å². The van der Waals surface area contributed by atoms with E-state index in [1.54, 1.807) is 7.11 Å². The lowest BCUT2D eigenvalue weighted by Crippen LogP contribution is -2.18. The van der Waals surface area contributed by atoms with Crippen molar-refractivity contribution in [2.45, 2.75) is 26.0 Å². The van der Waals surface area contributed by atoms with Crippen LogP contribution in [0.2, 0.25) is 0 Å². The van der Waals surface area contributed by atoms with E-state index in [1.807, 2.05) is 6.92 Å². The van der Waals surface area contributed by atoms with Crippen LogP contribution in [0.4, 0.5) is 0 Å². The molecule has 0 bridgehead atoms. The van der Waals surface area contributed by atoms with Gasteiger partial charge < -0.3 is 15.0 Å². The highest BCUT2D eigenvalue weighted by molar-refractivity contribution is 4.87. The summed E-state index contributed by atoms with van der Waals surface area (Å²) in [6.45, 7) is 2.25. The van der Waals surface area contributed by atoms with Gasteiger partial charge in [-0.2, -0.15) is 4.98 Å². The molecule has 0 aliphatic heterocycles. The Morgan fingerprint density at radius 3 is 3.00 bits per heavy atom. The summed E-state index contributed by atoms with van der Waals surface area (Å²) in [7, 11) is 1.58. The SMILES string of the molecule is COCc1nc(CC(C)N)no1. The quantitative estimate of drug-likeness (QED) is 0.695. The molecule has 5 nitrogen and oxygen atoms in total. The Morgan fingerprint density at radius 2 is 2.42 bits per heavy atom. The lowest BCUT2D eigenvalue weighted by atomic mass is 10.2. The Bertz CT molecular complexity index is 234. The number of nitrogens with two attached hydrogens (primary N) is 1. The molecule has 1 aromatic rings. The molecule has 0 saturated carbocycles. The van der Waals surface area contributed by atoms with Crippen molar-refractivity contribution in [2.24, 2.45) is 5.73 Å². The van der Waals surface area contributed by atoms with Gasteiger partial charge >= 0.3 is 0 Å². The van der Waals surface area contributed by atoms with E-state index in [2.05, 4.69) is 10.1 Å². The van der Waals surface area contributed by atoms with Gasteiger partial charge in [-0.1, -0.05) is 5.16 Å². The molecule has 5 heteroatoms. The molecule has 0 aliphatic carbocycles. The third kappa shape index (κ3) is 2.60. The lowest BCUT2D eigenvalue weighted by Gasteiger charge is -1.96. The third-order valence-corrected chi connectivity index (χ3v) is 1.28. The van der Waals surface area contributed by atoms with E-state index in [-0.39, 0.29) is 6.04 Å². The Balaban J connectivity index is 2.52. The summed E-state index contributed by atoms with van der Waals surface area (Å²) in [4.78, 5) is 4.06. The van der Waals surface area contributed by atoms with Gasteiger partial charge in [0.25, 0.3) is 5.89 Å². The maximum atomic E-state index is 5.55. The van der Waals surface area contributed by atoms with Crippen molar-refractivity contribution < 1.29 is 9.26 Å². The van der Waals surface area contributed by atoms with E-state index in [4.69, 9.17) is 15.0 Å². The Labute approximate surface area is 70.9 Å². The maximum absolute atomic E-state index is 5.55. The normalized spacial score (nSPS) is 13.2. The van der Waals surface area contributed by atoms with Gasteiger partial charge in [0.2, 0.25) is 0 Å². The Hall–Kier alpha value is -0.940. The topological polar surface area (TPSA) is 74.2 Å². The van der Waals surface area contributed by atoms with Crippen molar-refractivity contribution in [1.82, 2.24) is 10.1 Å². The highest BCUT2D eigenvalue weighted by Crippen LogP contribution is 2.00. The minimum Gasteiger partial charge on any atom is -0.375 e. The first-order valence-electron chi connectivity index (χ1n) is 3.78. The fourth-order valence-electron chi connectivity index (χ4n) is 0.843. The minimum atomic E-state index is 0.0537. The van der Waals surface area contributed by atoms with Gasteiger partial charge in [0.05, 0.1) is 0 Å². The molecule has 12 heavy (non-hydrogen) atoms. The number of nitrogens with zero attached hydrogens (tertiary/aromatic N) is 2. The summed E-state index contributed by atoms with van der Waals surface area (Å²) in [6, 6.07) is 0.0537. The molecular weight excluding hydrogens is 158 g/mol. The average molecular weight is 171 g/mol. The minimum absolute atomic E-state index is 0.0537. The average Bonchev–Trinajstić information content (AvgIpc) is 2.36. The summed E-state index contributed by atoms with van der Waals surface area (Å²) >= 11 is 0. The molecule has 0 fully saturated rings. The van der Waals surface area contributed by atoms with Crippen LogP contribution in [0, 0.1) is 0 Å². The van der Waals surface area contributed by atoms with Gasteiger partial charge in [-0.05, 0) is 6.92 Å². The summed E-state index contributed by atoms with van der Waals surface area (Å²) in [5, 5.41) is 3.73. The van der Waals surface area contributed by atoms with Gasteiger partial charge in [0.15, 0.2) is 5.82 Å². The number of hydrogen-bond donors (Lipinski definition) is 1. The van der Waals surface area contributed by atoms with Crippen LogP contribution in [-0.2, 0) is 17.8 Å². The molecule has 1 atom stereocenters. The van der Waals surface area contributed by atoms with Gasteiger partial charge in [-0.15, -0.1) is 0 Å². The second kappa shape index (κ2) is 4.18. The van der Waals surface area contributed by atoms with E-state index in [9.17, 15) is 0 Å². The van der Waals surface area contributed by atoms with Crippen molar-refractivity contribution in [1.29, 1.82) is 0 Å². The fraction of sp³-hybridized carbons (Fsp3) is 0.714. The molecule has 1 aromatic heterocycles. The monoisotopic (exact) mass is 171 g/mol. The zero-order chi connectivity index (χ0) is 8.97. The van der Waals surface area contributed by atoms with E-state index in [1.165, 1.54) is 0 Å². The van der Waals surface area contributed by atoms with Crippen LogP contribution in [0.15, 0.2) is 4.52 Å². The largest absolute Gasteiger partial charge is 0.375 e. The van der Waals surface area contributed by atoms with Crippen LogP contribution >= 0.6 is 0 Å². The molecule has 0 amide bonds. The Morgan fingerprint density at radius 1 is 1.67 bits per heavy atom. The van der Waals surface area contributed by atoms with Gasteiger partial charge in [0, 0.05) is 19.6 Å². The van der Waals surface area contributed by atoms with E-state index >= 15 is 0 Å². The summed E-state index contributed by atoms with van der Waals surface area (Å²) in [6.07, 6.45) is 0.632. The number of ether oxygens (including phenoxy) is 1. The molecule has 1 rings (SSSR count). The third-order valence-electron chi connectivity index (χ3n) is 1.28. The van der Waals surface area contributed by atoms with Crippen molar-refractivity contribution in [3.63, 3.8) is 0 Å². The van der Waals surface area contributed by atoms with Crippen molar-refractivity contribution >= 4 is 0 Å². The molecule has 2 N–H and O–H groups in total. The van der Waals surface area contributed by atoms with Crippen LogP contribution in [0.1, 0.15) is 18.6 Å². The molecule has 68 valence electrons. The maximum Gasteiger partial charge on any atom is 0.252 e. The summed E-state index contributed by atoms with van der Waals surface area (Å²) in [5.74, 6) is 1.13. The predicted molar refractivity (Wildman–Crippen MR) is 42.4 cm³/mol. The molecule has 0 spiro atoms. The number of aromatic nitrogens is 2. The first-order chi connectivity index (χ1) is 5.72. The van der Waals surface area contributed by atoms with Crippen LogP contribution in [0.5, 0.6) is 0 Å². The summed E-state index contributed by atoms with van der Waals surface area (Å²) < 4.78 is 9.68. The van der Waals surface area contributed by atoms with Crippen molar-refractivity contribution in [3.05, 3.63) is 11.7 Å². The molecule has 0 aliphatic rings. The summed E-state index contributed by atoms with van der Waals surface area (Å²) in [5.41, 5.74) is 5.55. The fourth-order valence-corrected chi connectivity index (χ4v) is 0.843. The van der Waals surface area contributed by atoms with Crippen LogP contribution in [0.25, 0.3) is 0 Å². The van der Waals surface area contributed by atoms with E-state index < -0.39 is 0 Å².